The number of imidazole rings is 2. The van der Waals surface area contributed by atoms with E-state index < -0.39 is 90.6 Å². The van der Waals surface area contributed by atoms with Crippen LogP contribution in [0.2, 0.25) is 0 Å². The zero-order valence-corrected chi connectivity index (χ0v) is 32.4. The Kier molecular flexibility index (Phi) is 5.52. The van der Waals surface area contributed by atoms with E-state index in [-0.39, 0.29) is 39.6 Å². The van der Waals surface area contributed by atoms with Crippen LogP contribution < -0.4 is 9.30 Å². The molecule has 6 heteroatoms. The highest BCUT2D eigenvalue weighted by molar-refractivity contribution is 6.09. The van der Waals surface area contributed by atoms with Crippen LogP contribution in [0.1, 0.15) is 20.6 Å². The summed E-state index contributed by atoms with van der Waals surface area (Å²) in [4.78, 5) is 5.05. The van der Waals surface area contributed by atoms with Crippen molar-refractivity contribution in [1.29, 1.82) is 0 Å². The topological polar surface area (TPSA) is 40.8 Å². The quantitative estimate of drug-likeness (QED) is 0.143. The lowest BCUT2D eigenvalue weighted by atomic mass is 9.95. The summed E-state index contributed by atoms with van der Waals surface area (Å²) in [6, 6.07) is 32.1. The van der Waals surface area contributed by atoms with Gasteiger partial charge in [0, 0.05) is 39.7 Å². The molecule has 0 saturated carbocycles. The maximum Gasteiger partial charge on any atom is 0.255 e. The fourth-order valence-corrected chi connectivity index (χ4v) is 8.27. The predicted molar refractivity (Wildman–Crippen MR) is 251 cm³/mol. The lowest BCUT2D eigenvalue weighted by Crippen LogP contribution is -2.30. The monoisotopic (exact) mass is 811 g/mol. The van der Waals surface area contributed by atoms with Crippen molar-refractivity contribution in [3.05, 3.63) is 230 Å². The number of hydrogen-bond acceptors (Lipinski definition) is 2. The molecule has 12 aromatic rings. The fraction of sp³-hybridized carbons (Fsp3) is 0. The summed E-state index contributed by atoms with van der Waals surface area (Å²) >= 11 is 0. The number of nitrogens with zero attached hydrogens (tertiary/aromatic N) is 5. The summed E-state index contributed by atoms with van der Waals surface area (Å²) in [6.45, 7) is 0. The predicted octanol–water partition coefficient (Wildman–Crippen LogP) is 13.5. The van der Waals surface area contributed by atoms with E-state index in [1.807, 2.05) is 88.0 Å². The van der Waals surface area contributed by atoms with Crippen molar-refractivity contribution >= 4 is 43.9 Å². The Bertz CT molecular complexity index is 4350. The van der Waals surface area contributed by atoms with E-state index in [9.17, 15) is 0 Å². The van der Waals surface area contributed by atoms with Crippen LogP contribution >= 0.6 is 0 Å². The van der Waals surface area contributed by atoms with E-state index >= 15 is 0 Å². The number of benzene rings is 9. The Morgan fingerprint density at radius 3 is 1.84 bits per heavy atom. The molecule has 0 saturated heterocycles. The van der Waals surface area contributed by atoms with E-state index in [1.54, 1.807) is 70.1 Å². The van der Waals surface area contributed by atoms with Gasteiger partial charge in [0.15, 0.2) is 11.0 Å². The molecule has 0 atom stereocenters. The second kappa shape index (κ2) is 14.7. The average molecular weight is 812 g/mol. The molecule has 0 amide bonds. The number of fused-ring (bicyclic) bond motifs is 5. The number of hydrogen-bond donors (Lipinski definition) is 0. The summed E-state index contributed by atoms with van der Waals surface area (Å²) in [5, 5.41) is 1.70. The molecule has 3 aromatic heterocycles. The molecule has 62 heavy (non-hydrogen) atoms. The molecule has 3 heterocycles. The van der Waals surface area contributed by atoms with Crippen molar-refractivity contribution in [3.63, 3.8) is 0 Å². The van der Waals surface area contributed by atoms with E-state index in [0.717, 1.165) is 16.3 Å². The first-order valence-electron chi connectivity index (χ1n) is 27.1. The smallest absolute Gasteiger partial charge is 0.255 e. The maximum absolute atomic E-state index is 9.04. The van der Waals surface area contributed by atoms with Gasteiger partial charge >= 0.3 is 0 Å². The Morgan fingerprint density at radius 1 is 0.468 bits per heavy atom. The Hall–Kier alpha value is -8.48. The third-order valence-corrected chi connectivity index (χ3v) is 10.9. The standard InChI is InChI=1S/C56H38N5O/c1-4-18-39(19-5-1)45-27-17-28-46(40-20-6-2-7-21-40)55(45)59-38-58(52-32-14-15-33-53(52)59)42-24-16-25-43(36-42)62-44-34-35-48-47-26-10-12-30-50(47)61(54(48)37-44)56-57-49-29-11-13-31-51(49)60(56)41-22-8-3-9-23-41/h1-38H/q+1/i1D,2D,3D,4D,5D,6D,7D,8D,9D,18D,19D,20D,21D,22D,23D. The van der Waals surface area contributed by atoms with Crippen LogP contribution in [0.15, 0.2) is 230 Å². The van der Waals surface area contributed by atoms with Gasteiger partial charge in [-0.05, 0) is 77.8 Å². The van der Waals surface area contributed by atoms with Crippen LogP contribution in [-0.2, 0) is 0 Å². The fourth-order valence-electron chi connectivity index (χ4n) is 8.27. The van der Waals surface area contributed by atoms with Crippen LogP contribution in [0.3, 0.4) is 0 Å². The van der Waals surface area contributed by atoms with Crippen molar-refractivity contribution in [2.24, 2.45) is 0 Å². The van der Waals surface area contributed by atoms with Gasteiger partial charge in [-0.1, -0.05) is 145 Å². The molecule has 0 bridgehead atoms. The van der Waals surface area contributed by atoms with Gasteiger partial charge in [0.05, 0.1) is 42.6 Å². The molecule has 0 aliphatic heterocycles. The summed E-state index contributed by atoms with van der Waals surface area (Å²) in [7, 11) is 0. The molecule has 0 fully saturated rings. The van der Waals surface area contributed by atoms with Gasteiger partial charge in [-0.15, -0.1) is 0 Å². The second-order valence-corrected chi connectivity index (χ2v) is 14.4. The first-order valence-corrected chi connectivity index (χ1v) is 19.6. The Balaban J connectivity index is 1.03. The highest BCUT2D eigenvalue weighted by Crippen LogP contribution is 2.38. The minimum atomic E-state index is -0.589. The number of rotatable bonds is 8. The van der Waals surface area contributed by atoms with Crippen molar-refractivity contribution in [2.45, 2.75) is 0 Å². The van der Waals surface area contributed by atoms with Crippen LogP contribution in [0.25, 0.3) is 89.1 Å². The van der Waals surface area contributed by atoms with Crippen LogP contribution in [0, 0.1) is 0 Å². The van der Waals surface area contributed by atoms with Crippen molar-refractivity contribution in [3.8, 4) is 56.8 Å². The van der Waals surface area contributed by atoms with Crippen molar-refractivity contribution in [2.75, 3.05) is 0 Å². The van der Waals surface area contributed by atoms with Crippen molar-refractivity contribution < 1.29 is 29.9 Å². The summed E-state index contributed by atoms with van der Waals surface area (Å²) in [5.74, 6) is 1.12. The summed E-state index contributed by atoms with van der Waals surface area (Å²) < 4.78 is 144. The van der Waals surface area contributed by atoms with Gasteiger partial charge in [-0.25, -0.2) is 4.98 Å². The van der Waals surface area contributed by atoms with Crippen LogP contribution in [0.4, 0.5) is 0 Å². The molecular formula is C56H38N5O+. The number of para-hydroxylation sites is 7. The first-order chi connectivity index (χ1) is 37.0. The minimum absolute atomic E-state index is 0.0587. The Morgan fingerprint density at radius 2 is 1.08 bits per heavy atom. The molecule has 12 rings (SSSR count). The molecule has 292 valence electrons. The molecule has 9 aromatic carbocycles. The van der Waals surface area contributed by atoms with Gasteiger partial charge in [0.1, 0.15) is 22.9 Å². The van der Waals surface area contributed by atoms with Gasteiger partial charge in [0.2, 0.25) is 5.95 Å². The largest absolute Gasteiger partial charge is 0.457 e. The minimum Gasteiger partial charge on any atom is -0.457 e. The Labute approximate surface area is 379 Å². The zero-order chi connectivity index (χ0) is 54.0. The first kappa shape index (κ1) is 23.3. The third kappa shape index (κ3) is 5.88. The number of ether oxygens (including phenoxy) is 1. The normalized spacial score (nSPS) is 14.9. The van der Waals surface area contributed by atoms with E-state index in [1.165, 1.54) is 0 Å². The van der Waals surface area contributed by atoms with E-state index in [2.05, 4.69) is 0 Å². The average Bonchev–Trinajstić information content (AvgIpc) is 4.36. The lowest BCUT2D eigenvalue weighted by Gasteiger charge is -2.13. The van der Waals surface area contributed by atoms with Gasteiger partial charge in [0.25, 0.3) is 6.33 Å². The molecule has 0 aliphatic rings. The molecule has 0 N–H and O–H groups in total. The molecular weight excluding hydrogens is 759 g/mol. The SMILES string of the molecule is [2H]c1c([2H])c([2H])c(-c2cccc(-c3c([2H])c([2H])c([2H])c([2H])c3[2H])c2-[n+]2cn(-c3cccc(Oc4ccc5c6ccccc6n(-c6nc7ccccc7n6-c6c([2H])c([2H])c([2H])c([2H])c6[2H])c5c4)c3)c3ccccc32)c([2H])c1[2H]. The number of aromatic nitrogens is 5. The maximum atomic E-state index is 9.04. The van der Waals surface area contributed by atoms with E-state index in [0.29, 0.717) is 44.8 Å². The third-order valence-electron chi connectivity index (χ3n) is 10.9. The summed E-state index contributed by atoms with van der Waals surface area (Å²) in [6.07, 6.45) is 1.73. The molecule has 0 aliphatic carbocycles. The highest BCUT2D eigenvalue weighted by atomic mass is 16.5. The zero-order valence-electron chi connectivity index (χ0n) is 47.4. The van der Waals surface area contributed by atoms with Gasteiger partial charge in [-0.2, -0.15) is 9.13 Å². The molecule has 0 spiro atoms. The molecule has 6 nitrogen and oxygen atoms in total. The summed E-state index contributed by atoms with van der Waals surface area (Å²) in [5.41, 5.74) is 4.36. The second-order valence-electron chi connectivity index (χ2n) is 14.4. The lowest BCUT2D eigenvalue weighted by molar-refractivity contribution is -0.566. The van der Waals surface area contributed by atoms with Crippen LogP contribution in [0.5, 0.6) is 11.5 Å². The van der Waals surface area contributed by atoms with Crippen LogP contribution in [-0.4, -0.2) is 18.7 Å². The van der Waals surface area contributed by atoms with Gasteiger partial charge in [-0.3, -0.25) is 9.13 Å². The van der Waals surface area contributed by atoms with E-state index in [4.69, 9.17) is 30.3 Å². The highest BCUT2D eigenvalue weighted by Gasteiger charge is 2.25. The van der Waals surface area contributed by atoms with Gasteiger partial charge < -0.3 is 4.74 Å². The molecule has 0 unspecified atom stereocenters. The van der Waals surface area contributed by atoms with Crippen molar-refractivity contribution in [1.82, 2.24) is 18.7 Å². The molecule has 0 radical (unpaired) electrons.